The predicted molar refractivity (Wildman–Crippen MR) is 82.8 cm³/mol. The van der Waals surface area contributed by atoms with E-state index < -0.39 is 21.4 Å². The molecule has 21 heavy (non-hydrogen) atoms. The zero-order valence-corrected chi connectivity index (χ0v) is 13.8. The lowest BCUT2D eigenvalue weighted by Gasteiger charge is -2.12. The van der Waals surface area contributed by atoms with Crippen molar-refractivity contribution in [2.75, 3.05) is 11.0 Å². The molecule has 7 nitrogen and oxygen atoms in total. The van der Waals surface area contributed by atoms with Crippen LogP contribution in [0.1, 0.15) is 0 Å². The number of hydrogen-bond donors (Lipinski definition) is 2. The Morgan fingerprint density at radius 1 is 1.48 bits per heavy atom. The summed E-state index contributed by atoms with van der Waals surface area (Å²) < 4.78 is 38.8. The average molecular weight is 346 g/mol. The highest BCUT2D eigenvalue weighted by molar-refractivity contribution is 7.99. The Kier molecular flexibility index (Phi) is 4.84. The molecule has 0 saturated heterocycles. The third kappa shape index (κ3) is 4.14. The molecule has 1 aromatic carbocycles. The van der Waals surface area contributed by atoms with E-state index in [4.69, 9.17) is 5.14 Å². The summed E-state index contributed by atoms with van der Waals surface area (Å²) in [6, 6.07) is 4.34. The van der Waals surface area contributed by atoms with Crippen LogP contribution in [0.25, 0.3) is 0 Å². The quantitative estimate of drug-likeness (QED) is 0.779. The van der Waals surface area contributed by atoms with E-state index in [-0.39, 0.29) is 4.90 Å². The van der Waals surface area contributed by atoms with Crippen molar-refractivity contribution in [2.45, 2.75) is 14.9 Å². The maximum absolute atomic E-state index is 11.5. The molecule has 1 atom stereocenters. The van der Waals surface area contributed by atoms with Gasteiger partial charge in [-0.2, -0.15) is 0 Å². The molecule has 1 heterocycles. The molecular weight excluding hydrogens is 332 g/mol. The number of primary sulfonamides is 1. The monoisotopic (exact) mass is 346 g/mol. The fourth-order valence-electron chi connectivity index (χ4n) is 1.55. The summed E-state index contributed by atoms with van der Waals surface area (Å²) >= 11 is -0.0249. The topological polar surface area (TPSA) is 113 Å². The first-order chi connectivity index (χ1) is 9.77. The molecule has 0 aliphatic rings. The highest BCUT2D eigenvalue weighted by atomic mass is 32.2. The number of rotatable bonds is 5. The number of nitrogens with zero attached hydrogens (tertiary/aromatic N) is 2. The number of aryl methyl sites for hydroxylation is 1. The van der Waals surface area contributed by atoms with Gasteiger partial charge in [0.1, 0.15) is 6.26 Å². The molecule has 0 bridgehead atoms. The van der Waals surface area contributed by atoms with Crippen molar-refractivity contribution >= 4 is 38.8 Å². The first-order valence-corrected chi connectivity index (χ1v) is 9.61. The molecule has 0 aliphatic carbocycles. The number of imidazole rings is 1. The number of sulfonamides is 1. The van der Waals surface area contributed by atoms with Crippen LogP contribution >= 0.6 is 11.8 Å². The molecular formula is C11H14N4O3S3. The van der Waals surface area contributed by atoms with E-state index in [0.29, 0.717) is 15.7 Å². The van der Waals surface area contributed by atoms with Crippen LogP contribution in [-0.2, 0) is 28.4 Å². The van der Waals surface area contributed by atoms with Gasteiger partial charge in [0, 0.05) is 24.3 Å². The second kappa shape index (κ2) is 6.28. The molecule has 0 radical (unpaired) electrons. The minimum atomic E-state index is -3.80. The van der Waals surface area contributed by atoms with Gasteiger partial charge < -0.3 is 9.12 Å². The Labute approximate surface area is 130 Å². The van der Waals surface area contributed by atoms with Crippen LogP contribution in [0.5, 0.6) is 0 Å². The van der Waals surface area contributed by atoms with Gasteiger partial charge in [-0.05, 0) is 30.0 Å². The Hall–Kier alpha value is -1.20. The highest BCUT2D eigenvalue weighted by Crippen LogP contribution is 2.34. The lowest BCUT2D eigenvalue weighted by molar-refractivity contribution is 0.597. The van der Waals surface area contributed by atoms with E-state index >= 15 is 0 Å². The third-order valence-electron chi connectivity index (χ3n) is 2.51. The summed E-state index contributed by atoms with van der Waals surface area (Å²) in [5.41, 5.74) is 0.552. The molecule has 1 aromatic heterocycles. The van der Waals surface area contributed by atoms with Gasteiger partial charge in [0.2, 0.25) is 10.0 Å². The molecule has 3 N–H and O–H groups in total. The zero-order valence-electron chi connectivity index (χ0n) is 11.3. The van der Waals surface area contributed by atoms with Crippen LogP contribution < -0.4 is 9.86 Å². The third-order valence-corrected chi connectivity index (χ3v) is 5.07. The largest absolute Gasteiger partial charge is 0.593 e. The Balaban J connectivity index is 2.45. The predicted octanol–water partition coefficient (Wildman–Crippen LogP) is 0.924. The number of nitrogens with one attached hydrogen (secondary N) is 1. The Morgan fingerprint density at radius 2 is 2.19 bits per heavy atom. The SMILES string of the molecule is Cn1ccnc1Sc1cc(S(N)(=O)=O)ccc1N[S+](C)[O-]. The summed E-state index contributed by atoms with van der Waals surface area (Å²) in [7, 11) is -1.98. The average Bonchev–Trinajstić information content (AvgIpc) is 2.75. The molecule has 10 heteroatoms. The molecule has 2 rings (SSSR count). The molecule has 2 aromatic rings. The number of hydrogen-bond acceptors (Lipinski definition) is 6. The van der Waals surface area contributed by atoms with Crippen molar-refractivity contribution in [3.05, 3.63) is 30.6 Å². The van der Waals surface area contributed by atoms with Gasteiger partial charge in [0.05, 0.1) is 21.9 Å². The summed E-state index contributed by atoms with van der Waals surface area (Å²) in [6.07, 6.45) is 4.90. The van der Waals surface area contributed by atoms with Crippen LogP contribution in [0, 0.1) is 0 Å². The van der Waals surface area contributed by atoms with Gasteiger partial charge in [0.15, 0.2) is 5.16 Å². The van der Waals surface area contributed by atoms with E-state index in [0.717, 1.165) is 0 Å². The summed E-state index contributed by atoms with van der Waals surface area (Å²) in [5.74, 6) is 0. The van der Waals surface area contributed by atoms with Crippen LogP contribution in [0.3, 0.4) is 0 Å². The molecule has 0 amide bonds. The Morgan fingerprint density at radius 3 is 2.71 bits per heavy atom. The summed E-state index contributed by atoms with van der Waals surface area (Å²) in [4.78, 5) is 4.73. The Bertz CT molecular complexity index is 743. The van der Waals surface area contributed by atoms with Crippen molar-refractivity contribution < 1.29 is 13.0 Å². The molecule has 0 spiro atoms. The zero-order chi connectivity index (χ0) is 15.6. The number of nitrogens with two attached hydrogens (primary N) is 1. The maximum Gasteiger partial charge on any atom is 0.238 e. The van der Waals surface area contributed by atoms with Gasteiger partial charge in [-0.3, -0.25) is 0 Å². The van der Waals surface area contributed by atoms with Crippen molar-refractivity contribution in [1.29, 1.82) is 0 Å². The lowest BCUT2D eigenvalue weighted by Crippen LogP contribution is -2.14. The van der Waals surface area contributed by atoms with E-state index in [9.17, 15) is 13.0 Å². The van der Waals surface area contributed by atoms with E-state index in [1.165, 1.54) is 36.2 Å². The first kappa shape index (κ1) is 16.2. The van der Waals surface area contributed by atoms with Gasteiger partial charge in [-0.1, -0.05) is 0 Å². The van der Waals surface area contributed by atoms with Crippen LogP contribution in [0.2, 0.25) is 0 Å². The smallest absolute Gasteiger partial charge is 0.238 e. The lowest BCUT2D eigenvalue weighted by atomic mass is 10.3. The standard InChI is InChI=1S/C11H14N4O3S3/c1-15-6-5-13-11(15)19-10-7-8(21(12,17)18)3-4-9(10)14-20(2)16/h3-7,14H,1-2H3,(H2,12,17,18). The van der Waals surface area contributed by atoms with E-state index in [1.807, 2.05) is 7.05 Å². The van der Waals surface area contributed by atoms with Gasteiger partial charge in [-0.15, -0.1) is 0 Å². The van der Waals surface area contributed by atoms with E-state index in [2.05, 4.69) is 9.71 Å². The number of aromatic nitrogens is 2. The van der Waals surface area contributed by atoms with Crippen LogP contribution in [0.15, 0.2) is 45.5 Å². The molecule has 114 valence electrons. The minimum Gasteiger partial charge on any atom is -0.593 e. The second-order valence-corrected chi connectivity index (χ2v) is 7.86. The van der Waals surface area contributed by atoms with Crippen LogP contribution in [0.4, 0.5) is 5.69 Å². The number of benzene rings is 1. The van der Waals surface area contributed by atoms with Gasteiger partial charge >= 0.3 is 0 Å². The van der Waals surface area contributed by atoms with Crippen molar-refractivity contribution in [3.8, 4) is 0 Å². The fourth-order valence-corrected chi connectivity index (χ4v) is 3.65. The second-order valence-electron chi connectivity index (χ2n) is 4.18. The highest BCUT2D eigenvalue weighted by Gasteiger charge is 2.15. The van der Waals surface area contributed by atoms with E-state index in [1.54, 1.807) is 17.0 Å². The maximum atomic E-state index is 11.5. The first-order valence-electron chi connectivity index (χ1n) is 5.69. The van der Waals surface area contributed by atoms with Gasteiger partial charge in [0.25, 0.3) is 0 Å². The van der Waals surface area contributed by atoms with Crippen molar-refractivity contribution in [3.63, 3.8) is 0 Å². The molecule has 0 aliphatic heterocycles. The summed E-state index contributed by atoms with van der Waals surface area (Å²) in [6.45, 7) is 0. The van der Waals surface area contributed by atoms with Crippen molar-refractivity contribution in [2.24, 2.45) is 12.2 Å². The molecule has 1 unspecified atom stereocenters. The van der Waals surface area contributed by atoms with Gasteiger partial charge in [-0.25, -0.2) is 23.3 Å². The summed E-state index contributed by atoms with van der Waals surface area (Å²) in [5, 5.41) is 5.81. The molecule has 0 saturated carbocycles. The van der Waals surface area contributed by atoms with Crippen LogP contribution in [-0.4, -0.2) is 28.8 Å². The number of anilines is 1. The minimum absolute atomic E-state index is 0.00774. The molecule has 0 fully saturated rings. The fraction of sp³-hybridized carbons (Fsp3) is 0.182. The van der Waals surface area contributed by atoms with Crippen molar-refractivity contribution in [1.82, 2.24) is 9.55 Å². The normalized spacial score (nSPS) is 13.1.